The number of halogens is 2. The highest BCUT2D eigenvalue weighted by molar-refractivity contribution is 5.84. The van der Waals surface area contributed by atoms with E-state index in [0.29, 0.717) is 23.3 Å². The minimum atomic E-state index is -0.445. The Bertz CT molecular complexity index is 1020. The van der Waals surface area contributed by atoms with E-state index in [-0.39, 0.29) is 11.4 Å². The van der Waals surface area contributed by atoms with Gasteiger partial charge < -0.3 is 0 Å². The molecular formula is C19H14F2N2O. The fourth-order valence-corrected chi connectivity index (χ4v) is 3.08. The summed E-state index contributed by atoms with van der Waals surface area (Å²) < 4.78 is 28.1. The molecule has 1 aliphatic heterocycles. The van der Waals surface area contributed by atoms with Gasteiger partial charge in [-0.3, -0.25) is 9.36 Å². The molecule has 0 bridgehead atoms. The molecule has 2 aromatic carbocycles. The Kier molecular flexibility index (Phi) is 3.49. The molecule has 0 saturated heterocycles. The van der Waals surface area contributed by atoms with Gasteiger partial charge in [0, 0.05) is 6.54 Å². The molecule has 0 atom stereocenters. The van der Waals surface area contributed by atoms with Crippen molar-refractivity contribution in [3.05, 3.63) is 75.8 Å². The molecule has 0 unspecified atom stereocenters. The summed E-state index contributed by atoms with van der Waals surface area (Å²) in [5, 5.41) is 0.293. The highest BCUT2D eigenvalue weighted by atomic mass is 19.1. The summed E-state index contributed by atoms with van der Waals surface area (Å²) in [6, 6.07) is 10.2. The van der Waals surface area contributed by atoms with E-state index in [1.54, 1.807) is 16.7 Å². The molecule has 0 amide bonds. The average molecular weight is 324 g/mol. The SMILES string of the molecule is O=c1c2cc(F)ccc2nc2n1CCC/C2=C\c1ccc(F)cc1. The lowest BCUT2D eigenvalue weighted by molar-refractivity contribution is 0.586. The van der Waals surface area contributed by atoms with E-state index in [4.69, 9.17) is 0 Å². The quantitative estimate of drug-likeness (QED) is 0.678. The zero-order valence-electron chi connectivity index (χ0n) is 12.8. The van der Waals surface area contributed by atoms with Gasteiger partial charge in [0.05, 0.1) is 10.9 Å². The molecular weight excluding hydrogens is 310 g/mol. The predicted octanol–water partition coefficient (Wildman–Crippen LogP) is 4.01. The molecule has 0 aliphatic carbocycles. The largest absolute Gasteiger partial charge is 0.292 e. The Morgan fingerprint density at radius 3 is 2.58 bits per heavy atom. The third-order valence-electron chi connectivity index (χ3n) is 4.24. The molecule has 4 rings (SSSR count). The monoisotopic (exact) mass is 324 g/mol. The number of hydrogen-bond acceptors (Lipinski definition) is 2. The summed E-state index contributed by atoms with van der Waals surface area (Å²) in [4.78, 5) is 17.2. The van der Waals surface area contributed by atoms with E-state index in [9.17, 15) is 13.6 Å². The lowest BCUT2D eigenvalue weighted by Gasteiger charge is -2.21. The van der Waals surface area contributed by atoms with Gasteiger partial charge in [-0.25, -0.2) is 13.8 Å². The van der Waals surface area contributed by atoms with Crippen LogP contribution < -0.4 is 5.56 Å². The Hall–Kier alpha value is -2.82. The second-order valence-corrected chi connectivity index (χ2v) is 5.88. The van der Waals surface area contributed by atoms with Gasteiger partial charge in [-0.1, -0.05) is 12.1 Å². The molecule has 5 heteroatoms. The first-order valence-corrected chi connectivity index (χ1v) is 7.78. The van der Waals surface area contributed by atoms with Crippen LogP contribution in [0.15, 0.2) is 47.3 Å². The van der Waals surface area contributed by atoms with E-state index in [0.717, 1.165) is 24.0 Å². The van der Waals surface area contributed by atoms with Crippen LogP contribution in [-0.2, 0) is 6.54 Å². The van der Waals surface area contributed by atoms with Crippen molar-refractivity contribution in [3.8, 4) is 0 Å². The summed E-state index contributed by atoms with van der Waals surface area (Å²) in [6.07, 6.45) is 3.52. The zero-order valence-corrected chi connectivity index (χ0v) is 12.8. The van der Waals surface area contributed by atoms with Crippen molar-refractivity contribution >= 4 is 22.6 Å². The van der Waals surface area contributed by atoms with Crippen molar-refractivity contribution in [3.63, 3.8) is 0 Å². The first-order chi connectivity index (χ1) is 11.6. The van der Waals surface area contributed by atoms with Crippen LogP contribution in [0.1, 0.15) is 24.2 Å². The molecule has 1 aliphatic rings. The maximum Gasteiger partial charge on any atom is 0.261 e. The summed E-state index contributed by atoms with van der Waals surface area (Å²) in [5.41, 5.74) is 2.04. The standard InChI is InChI=1S/C19H14F2N2O/c20-14-5-3-12(4-6-14)10-13-2-1-9-23-18(13)22-17-8-7-15(21)11-16(17)19(23)24/h3-8,10-11H,1-2,9H2/b13-10+. The van der Waals surface area contributed by atoms with Crippen LogP contribution in [0, 0.1) is 11.6 Å². The Morgan fingerprint density at radius 2 is 1.79 bits per heavy atom. The van der Waals surface area contributed by atoms with Crippen molar-refractivity contribution < 1.29 is 8.78 Å². The molecule has 0 fully saturated rings. The molecule has 2 heterocycles. The minimum Gasteiger partial charge on any atom is -0.292 e. The van der Waals surface area contributed by atoms with Crippen molar-refractivity contribution in [2.45, 2.75) is 19.4 Å². The van der Waals surface area contributed by atoms with Crippen LogP contribution in [-0.4, -0.2) is 9.55 Å². The summed E-state index contributed by atoms with van der Waals surface area (Å²) in [7, 11) is 0. The maximum atomic E-state index is 13.4. The first-order valence-electron chi connectivity index (χ1n) is 7.78. The zero-order chi connectivity index (χ0) is 16.7. The van der Waals surface area contributed by atoms with Gasteiger partial charge in [-0.2, -0.15) is 0 Å². The van der Waals surface area contributed by atoms with Crippen molar-refractivity contribution in [2.75, 3.05) is 0 Å². The second-order valence-electron chi connectivity index (χ2n) is 5.88. The fraction of sp³-hybridized carbons (Fsp3) is 0.158. The average Bonchev–Trinajstić information content (AvgIpc) is 2.58. The third kappa shape index (κ3) is 2.52. The van der Waals surface area contributed by atoms with Gasteiger partial charge in [0.15, 0.2) is 0 Å². The molecule has 24 heavy (non-hydrogen) atoms. The molecule has 0 saturated carbocycles. The third-order valence-corrected chi connectivity index (χ3v) is 4.24. The number of aromatic nitrogens is 2. The highest BCUT2D eigenvalue weighted by Gasteiger charge is 2.19. The number of fused-ring (bicyclic) bond motifs is 2. The van der Waals surface area contributed by atoms with E-state index in [2.05, 4.69) is 4.98 Å². The van der Waals surface area contributed by atoms with Crippen LogP contribution in [0.25, 0.3) is 22.6 Å². The predicted molar refractivity (Wildman–Crippen MR) is 89.5 cm³/mol. The van der Waals surface area contributed by atoms with E-state index < -0.39 is 5.82 Å². The lowest BCUT2D eigenvalue weighted by Crippen LogP contribution is -2.28. The number of hydrogen-bond donors (Lipinski definition) is 0. The fourth-order valence-electron chi connectivity index (χ4n) is 3.08. The van der Waals surface area contributed by atoms with Crippen LogP contribution in [0.3, 0.4) is 0 Å². The van der Waals surface area contributed by atoms with Gasteiger partial charge in [0.1, 0.15) is 17.5 Å². The van der Waals surface area contributed by atoms with Gasteiger partial charge in [0.2, 0.25) is 0 Å². The smallest absolute Gasteiger partial charge is 0.261 e. The van der Waals surface area contributed by atoms with Gasteiger partial charge in [0.25, 0.3) is 5.56 Å². The van der Waals surface area contributed by atoms with Crippen LogP contribution in [0.5, 0.6) is 0 Å². The molecule has 3 aromatic rings. The van der Waals surface area contributed by atoms with Crippen molar-refractivity contribution in [2.24, 2.45) is 0 Å². The van der Waals surface area contributed by atoms with Crippen molar-refractivity contribution in [1.82, 2.24) is 9.55 Å². The summed E-state index contributed by atoms with van der Waals surface area (Å²) in [5.74, 6) is -0.127. The Labute approximate surface area is 136 Å². The lowest BCUT2D eigenvalue weighted by atomic mass is 10.0. The first kappa shape index (κ1) is 14.8. The number of benzene rings is 2. The molecule has 1 aromatic heterocycles. The topological polar surface area (TPSA) is 34.9 Å². The molecule has 3 nitrogen and oxygen atoms in total. The van der Waals surface area contributed by atoms with E-state index in [1.165, 1.54) is 30.3 Å². The number of allylic oxidation sites excluding steroid dienone is 1. The second kappa shape index (κ2) is 5.67. The number of rotatable bonds is 1. The van der Waals surface area contributed by atoms with Crippen LogP contribution in [0.2, 0.25) is 0 Å². The number of nitrogens with zero attached hydrogens (tertiary/aromatic N) is 2. The maximum absolute atomic E-state index is 13.4. The Morgan fingerprint density at radius 1 is 1.04 bits per heavy atom. The normalized spacial score (nSPS) is 15.7. The van der Waals surface area contributed by atoms with Gasteiger partial charge >= 0.3 is 0 Å². The molecule has 120 valence electrons. The van der Waals surface area contributed by atoms with E-state index in [1.807, 2.05) is 6.08 Å². The molecule has 0 N–H and O–H groups in total. The Balaban J connectivity index is 1.91. The molecule has 0 radical (unpaired) electrons. The minimum absolute atomic E-state index is 0.223. The van der Waals surface area contributed by atoms with E-state index >= 15 is 0 Å². The van der Waals surface area contributed by atoms with Gasteiger partial charge in [-0.15, -0.1) is 0 Å². The van der Waals surface area contributed by atoms with Crippen LogP contribution >= 0.6 is 0 Å². The molecule has 0 spiro atoms. The van der Waals surface area contributed by atoms with Gasteiger partial charge in [-0.05, 0) is 60.4 Å². The summed E-state index contributed by atoms with van der Waals surface area (Å²) in [6.45, 7) is 0.564. The highest BCUT2D eigenvalue weighted by Crippen LogP contribution is 2.27. The summed E-state index contributed by atoms with van der Waals surface area (Å²) >= 11 is 0. The van der Waals surface area contributed by atoms with Crippen molar-refractivity contribution in [1.29, 1.82) is 0 Å². The van der Waals surface area contributed by atoms with Crippen LogP contribution in [0.4, 0.5) is 8.78 Å².